The van der Waals surface area contributed by atoms with E-state index in [1.165, 1.54) is 36.9 Å². The number of nitrogens with zero attached hydrogens (tertiary/aromatic N) is 1. The predicted molar refractivity (Wildman–Crippen MR) is 78.9 cm³/mol. The standard InChI is InChI=1S/C17H23NO2/c19-17(20)8-7-13-4-3-9-18(11-13)12-15-10-14-5-1-2-6-16(14)15/h1-2,5-6,13,15H,3-4,7-12H2,(H,19,20). The maximum absolute atomic E-state index is 10.7. The van der Waals surface area contributed by atoms with Gasteiger partial charge in [-0.25, -0.2) is 0 Å². The monoisotopic (exact) mass is 273 g/mol. The number of likely N-dealkylation sites (tertiary alicyclic amines) is 1. The third kappa shape index (κ3) is 3.04. The molecule has 0 saturated carbocycles. The molecule has 1 saturated heterocycles. The van der Waals surface area contributed by atoms with E-state index in [2.05, 4.69) is 29.2 Å². The van der Waals surface area contributed by atoms with Crippen molar-refractivity contribution in [2.24, 2.45) is 5.92 Å². The molecular weight excluding hydrogens is 250 g/mol. The highest BCUT2D eigenvalue weighted by atomic mass is 16.4. The van der Waals surface area contributed by atoms with Gasteiger partial charge in [0, 0.05) is 25.4 Å². The summed E-state index contributed by atoms with van der Waals surface area (Å²) in [6, 6.07) is 8.75. The molecule has 2 aliphatic rings. The first-order valence-corrected chi connectivity index (χ1v) is 7.74. The van der Waals surface area contributed by atoms with E-state index >= 15 is 0 Å². The van der Waals surface area contributed by atoms with Crippen molar-refractivity contribution in [3.05, 3.63) is 35.4 Å². The zero-order chi connectivity index (χ0) is 13.9. The summed E-state index contributed by atoms with van der Waals surface area (Å²) in [5.74, 6) is 0.620. The number of carboxylic acid groups (broad SMARTS) is 1. The molecule has 1 N–H and O–H groups in total. The SMILES string of the molecule is O=C(O)CCC1CCCN(CC2Cc3ccccc32)C1. The van der Waals surface area contributed by atoms with E-state index < -0.39 is 5.97 Å². The van der Waals surface area contributed by atoms with E-state index in [4.69, 9.17) is 5.11 Å². The Morgan fingerprint density at radius 3 is 3.00 bits per heavy atom. The lowest BCUT2D eigenvalue weighted by Crippen LogP contribution is -2.40. The van der Waals surface area contributed by atoms with E-state index in [0.717, 1.165) is 19.5 Å². The number of hydrogen-bond acceptors (Lipinski definition) is 2. The highest BCUT2D eigenvalue weighted by molar-refractivity contribution is 5.66. The lowest BCUT2D eigenvalue weighted by atomic mass is 9.77. The molecule has 1 aromatic carbocycles. The van der Waals surface area contributed by atoms with Gasteiger partial charge in [-0.05, 0) is 49.3 Å². The molecule has 1 heterocycles. The Bertz CT molecular complexity index is 486. The summed E-state index contributed by atoms with van der Waals surface area (Å²) < 4.78 is 0. The third-order valence-electron chi connectivity index (χ3n) is 4.81. The maximum atomic E-state index is 10.7. The van der Waals surface area contributed by atoms with Gasteiger partial charge < -0.3 is 10.0 Å². The molecule has 2 atom stereocenters. The van der Waals surface area contributed by atoms with Crippen LogP contribution in [-0.2, 0) is 11.2 Å². The highest BCUT2D eigenvalue weighted by Gasteiger charge is 2.29. The molecule has 0 bridgehead atoms. The van der Waals surface area contributed by atoms with Gasteiger partial charge in [0.2, 0.25) is 0 Å². The van der Waals surface area contributed by atoms with Crippen LogP contribution in [0.3, 0.4) is 0 Å². The quantitative estimate of drug-likeness (QED) is 0.896. The number of carbonyl (C=O) groups is 1. The lowest BCUT2D eigenvalue weighted by Gasteiger charge is -2.38. The number of benzene rings is 1. The van der Waals surface area contributed by atoms with Crippen LogP contribution < -0.4 is 0 Å². The summed E-state index contributed by atoms with van der Waals surface area (Å²) in [5.41, 5.74) is 3.04. The van der Waals surface area contributed by atoms with E-state index in [0.29, 0.717) is 18.3 Å². The van der Waals surface area contributed by atoms with E-state index in [1.807, 2.05) is 0 Å². The summed E-state index contributed by atoms with van der Waals surface area (Å²) in [6.07, 6.45) is 4.80. The maximum Gasteiger partial charge on any atom is 0.303 e. The van der Waals surface area contributed by atoms with Crippen molar-refractivity contribution in [1.29, 1.82) is 0 Å². The fourth-order valence-electron chi connectivity index (χ4n) is 3.72. The average molecular weight is 273 g/mol. The van der Waals surface area contributed by atoms with Crippen LogP contribution in [0.5, 0.6) is 0 Å². The molecule has 0 amide bonds. The first kappa shape index (κ1) is 13.6. The second-order valence-corrected chi connectivity index (χ2v) is 6.30. The topological polar surface area (TPSA) is 40.5 Å². The van der Waals surface area contributed by atoms with Crippen LogP contribution in [-0.4, -0.2) is 35.6 Å². The van der Waals surface area contributed by atoms with Gasteiger partial charge in [0.05, 0.1) is 0 Å². The first-order chi connectivity index (χ1) is 9.72. The fourth-order valence-corrected chi connectivity index (χ4v) is 3.72. The Morgan fingerprint density at radius 2 is 2.20 bits per heavy atom. The van der Waals surface area contributed by atoms with Gasteiger partial charge in [-0.15, -0.1) is 0 Å². The number of carboxylic acids is 1. The van der Waals surface area contributed by atoms with Gasteiger partial charge in [0.25, 0.3) is 0 Å². The number of piperidine rings is 1. The van der Waals surface area contributed by atoms with E-state index in [-0.39, 0.29) is 0 Å². The smallest absolute Gasteiger partial charge is 0.303 e. The minimum absolute atomic E-state index is 0.324. The molecule has 1 aliphatic carbocycles. The van der Waals surface area contributed by atoms with Crippen molar-refractivity contribution in [2.75, 3.05) is 19.6 Å². The van der Waals surface area contributed by atoms with Crippen LogP contribution in [0.25, 0.3) is 0 Å². The van der Waals surface area contributed by atoms with Gasteiger partial charge in [-0.1, -0.05) is 24.3 Å². The molecule has 3 rings (SSSR count). The second kappa shape index (κ2) is 5.96. The number of hydrogen-bond donors (Lipinski definition) is 1. The molecule has 1 fully saturated rings. The molecule has 3 heteroatoms. The first-order valence-electron chi connectivity index (χ1n) is 7.74. The second-order valence-electron chi connectivity index (χ2n) is 6.30. The van der Waals surface area contributed by atoms with Crippen LogP contribution in [0.2, 0.25) is 0 Å². The van der Waals surface area contributed by atoms with Crippen LogP contribution >= 0.6 is 0 Å². The minimum atomic E-state index is -0.657. The zero-order valence-electron chi connectivity index (χ0n) is 11.9. The molecule has 20 heavy (non-hydrogen) atoms. The molecule has 0 spiro atoms. The molecule has 1 aromatic rings. The Morgan fingerprint density at radius 1 is 1.35 bits per heavy atom. The minimum Gasteiger partial charge on any atom is -0.481 e. The van der Waals surface area contributed by atoms with Crippen LogP contribution in [0.15, 0.2) is 24.3 Å². The molecule has 1 aliphatic heterocycles. The number of fused-ring (bicyclic) bond motifs is 1. The average Bonchev–Trinajstić information content (AvgIpc) is 2.43. The third-order valence-corrected chi connectivity index (χ3v) is 4.81. The lowest BCUT2D eigenvalue weighted by molar-refractivity contribution is -0.137. The van der Waals surface area contributed by atoms with E-state index in [1.54, 1.807) is 0 Å². The zero-order valence-corrected chi connectivity index (χ0v) is 11.9. The molecule has 0 aromatic heterocycles. The van der Waals surface area contributed by atoms with Gasteiger partial charge >= 0.3 is 5.97 Å². The largest absolute Gasteiger partial charge is 0.481 e. The Kier molecular flexibility index (Phi) is 4.06. The number of aliphatic carboxylic acids is 1. The Hall–Kier alpha value is -1.35. The predicted octanol–water partition coefficient (Wildman–Crippen LogP) is 2.90. The van der Waals surface area contributed by atoms with Crippen LogP contribution in [0.4, 0.5) is 0 Å². The molecule has 0 radical (unpaired) electrons. The van der Waals surface area contributed by atoms with Gasteiger partial charge in [-0.2, -0.15) is 0 Å². The molecule has 3 nitrogen and oxygen atoms in total. The van der Waals surface area contributed by atoms with Crippen LogP contribution in [0.1, 0.15) is 42.7 Å². The van der Waals surface area contributed by atoms with Gasteiger partial charge in [-0.3, -0.25) is 4.79 Å². The molecule has 2 unspecified atom stereocenters. The fraction of sp³-hybridized carbons (Fsp3) is 0.588. The Labute approximate surface area is 120 Å². The van der Waals surface area contributed by atoms with Crippen molar-refractivity contribution in [2.45, 2.75) is 38.0 Å². The summed E-state index contributed by atoms with van der Waals surface area (Å²) >= 11 is 0. The summed E-state index contributed by atoms with van der Waals surface area (Å²) in [7, 11) is 0. The summed E-state index contributed by atoms with van der Waals surface area (Å²) in [6.45, 7) is 3.43. The van der Waals surface area contributed by atoms with Crippen molar-refractivity contribution in [3.63, 3.8) is 0 Å². The Balaban J connectivity index is 1.50. The molecular formula is C17H23NO2. The van der Waals surface area contributed by atoms with E-state index in [9.17, 15) is 4.79 Å². The van der Waals surface area contributed by atoms with Crippen molar-refractivity contribution in [1.82, 2.24) is 4.90 Å². The van der Waals surface area contributed by atoms with Gasteiger partial charge in [0.1, 0.15) is 0 Å². The normalized spacial score (nSPS) is 25.8. The highest BCUT2D eigenvalue weighted by Crippen LogP contribution is 2.36. The van der Waals surface area contributed by atoms with Gasteiger partial charge in [0.15, 0.2) is 0 Å². The van der Waals surface area contributed by atoms with Crippen molar-refractivity contribution >= 4 is 5.97 Å². The molecule has 108 valence electrons. The number of rotatable bonds is 5. The summed E-state index contributed by atoms with van der Waals surface area (Å²) in [5, 5.41) is 8.80. The summed E-state index contributed by atoms with van der Waals surface area (Å²) in [4.78, 5) is 13.2. The van der Waals surface area contributed by atoms with Crippen molar-refractivity contribution < 1.29 is 9.90 Å². The van der Waals surface area contributed by atoms with Crippen molar-refractivity contribution in [3.8, 4) is 0 Å². The van der Waals surface area contributed by atoms with Crippen LogP contribution in [0, 0.1) is 5.92 Å².